The van der Waals surface area contributed by atoms with Gasteiger partial charge in [-0.1, -0.05) is 12.1 Å². The SMILES string of the molecule is Cc1nc(N)cc([C@H]2CCCN2C(=O)CCc2ccc(F)cc2)n1. The molecule has 1 aliphatic rings. The van der Waals surface area contributed by atoms with E-state index >= 15 is 0 Å². The van der Waals surface area contributed by atoms with Gasteiger partial charge in [0.2, 0.25) is 5.91 Å². The van der Waals surface area contributed by atoms with E-state index in [9.17, 15) is 9.18 Å². The highest BCUT2D eigenvalue weighted by Gasteiger charge is 2.30. The monoisotopic (exact) mass is 328 g/mol. The summed E-state index contributed by atoms with van der Waals surface area (Å²) in [5.74, 6) is 0.886. The lowest BCUT2D eigenvalue weighted by Crippen LogP contribution is -2.31. The van der Waals surface area contributed by atoms with Gasteiger partial charge in [-0.05, 0) is 43.9 Å². The van der Waals surface area contributed by atoms with Crippen LogP contribution in [-0.4, -0.2) is 27.3 Å². The zero-order valence-corrected chi connectivity index (χ0v) is 13.7. The van der Waals surface area contributed by atoms with Crippen LogP contribution in [0.3, 0.4) is 0 Å². The highest BCUT2D eigenvalue weighted by molar-refractivity contribution is 5.77. The van der Waals surface area contributed by atoms with E-state index in [0.717, 1.165) is 30.6 Å². The van der Waals surface area contributed by atoms with Gasteiger partial charge in [-0.15, -0.1) is 0 Å². The first-order valence-electron chi connectivity index (χ1n) is 8.18. The molecule has 1 aromatic carbocycles. The normalized spacial score (nSPS) is 17.2. The van der Waals surface area contributed by atoms with Crippen molar-refractivity contribution in [1.29, 1.82) is 0 Å². The Morgan fingerprint density at radius 1 is 1.33 bits per heavy atom. The van der Waals surface area contributed by atoms with Crippen molar-refractivity contribution in [3.63, 3.8) is 0 Å². The lowest BCUT2D eigenvalue weighted by Gasteiger charge is -2.24. The second kappa shape index (κ2) is 6.95. The Balaban J connectivity index is 1.68. The van der Waals surface area contributed by atoms with Crippen LogP contribution in [0.25, 0.3) is 0 Å². The smallest absolute Gasteiger partial charge is 0.223 e. The number of amides is 1. The van der Waals surface area contributed by atoms with Gasteiger partial charge < -0.3 is 10.6 Å². The predicted octanol–water partition coefficient (Wildman–Crippen LogP) is 2.80. The molecule has 0 bridgehead atoms. The van der Waals surface area contributed by atoms with Crippen molar-refractivity contribution in [1.82, 2.24) is 14.9 Å². The molecule has 2 N–H and O–H groups in total. The number of nitrogens with two attached hydrogens (primary N) is 1. The standard InChI is InChI=1S/C18H21FN4O/c1-12-21-15(11-17(20)22-12)16-3-2-10-23(16)18(24)9-6-13-4-7-14(19)8-5-13/h4-5,7-8,11,16H,2-3,6,9-10H2,1H3,(H2,20,21,22)/t16-/m1/s1. The molecule has 2 heterocycles. The van der Waals surface area contributed by atoms with Gasteiger partial charge in [-0.3, -0.25) is 4.79 Å². The fraction of sp³-hybridized carbons (Fsp3) is 0.389. The van der Waals surface area contributed by atoms with Crippen LogP contribution in [0.5, 0.6) is 0 Å². The molecule has 24 heavy (non-hydrogen) atoms. The summed E-state index contributed by atoms with van der Waals surface area (Å²) in [4.78, 5) is 23.0. The van der Waals surface area contributed by atoms with Crippen molar-refractivity contribution in [3.05, 3.63) is 53.2 Å². The Hall–Kier alpha value is -2.50. The van der Waals surface area contributed by atoms with Crippen molar-refractivity contribution in [2.45, 2.75) is 38.6 Å². The molecule has 1 fully saturated rings. The van der Waals surface area contributed by atoms with Crippen LogP contribution in [0, 0.1) is 12.7 Å². The summed E-state index contributed by atoms with van der Waals surface area (Å²) in [5, 5.41) is 0. The van der Waals surface area contributed by atoms with Crippen molar-refractivity contribution >= 4 is 11.7 Å². The van der Waals surface area contributed by atoms with Gasteiger partial charge in [0.05, 0.1) is 11.7 Å². The minimum Gasteiger partial charge on any atom is -0.384 e. The van der Waals surface area contributed by atoms with E-state index in [-0.39, 0.29) is 17.8 Å². The molecule has 126 valence electrons. The van der Waals surface area contributed by atoms with E-state index in [4.69, 9.17) is 5.73 Å². The molecule has 3 rings (SSSR count). The van der Waals surface area contributed by atoms with E-state index in [1.165, 1.54) is 12.1 Å². The molecule has 6 heteroatoms. The van der Waals surface area contributed by atoms with Gasteiger partial charge >= 0.3 is 0 Å². The Labute approximate surface area is 140 Å². The van der Waals surface area contributed by atoms with E-state index in [1.54, 1.807) is 25.1 Å². The quantitative estimate of drug-likeness (QED) is 0.937. The highest BCUT2D eigenvalue weighted by atomic mass is 19.1. The number of carbonyl (C=O) groups is 1. The molecule has 0 unspecified atom stereocenters. The molecular weight excluding hydrogens is 307 g/mol. The van der Waals surface area contributed by atoms with E-state index < -0.39 is 0 Å². The molecule has 1 saturated heterocycles. The average molecular weight is 328 g/mol. The maximum Gasteiger partial charge on any atom is 0.223 e. The topological polar surface area (TPSA) is 72.1 Å². The number of carbonyl (C=O) groups excluding carboxylic acids is 1. The molecule has 0 radical (unpaired) electrons. The van der Waals surface area contributed by atoms with Gasteiger partial charge in [0.25, 0.3) is 0 Å². The summed E-state index contributed by atoms with van der Waals surface area (Å²) in [6.45, 7) is 2.53. The van der Waals surface area contributed by atoms with E-state index in [2.05, 4.69) is 9.97 Å². The lowest BCUT2D eigenvalue weighted by atomic mass is 10.1. The van der Waals surface area contributed by atoms with Crippen molar-refractivity contribution in [2.24, 2.45) is 0 Å². The maximum atomic E-state index is 12.9. The Morgan fingerprint density at radius 3 is 2.79 bits per heavy atom. The molecule has 0 aliphatic carbocycles. The van der Waals surface area contributed by atoms with Crippen LogP contribution in [0.1, 0.15) is 42.4 Å². The second-order valence-electron chi connectivity index (χ2n) is 6.14. The van der Waals surface area contributed by atoms with Crippen molar-refractivity contribution in [3.8, 4) is 0 Å². The molecule has 1 aromatic heterocycles. The fourth-order valence-corrected chi connectivity index (χ4v) is 3.20. The van der Waals surface area contributed by atoms with Crippen LogP contribution in [0.15, 0.2) is 30.3 Å². The summed E-state index contributed by atoms with van der Waals surface area (Å²) >= 11 is 0. The fourth-order valence-electron chi connectivity index (χ4n) is 3.20. The van der Waals surface area contributed by atoms with E-state index in [1.807, 2.05) is 4.90 Å². The predicted molar refractivity (Wildman–Crippen MR) is 89.6 cm³/mol. The number of likely N-dealkylation sites (tertiary alicyclic amines) is 1. The lowest BCUT2D eigenvalue weighted by molar-refractivity contribution is -0.132. The first kappa shape index (κ1) is 16.4. The molecule has 1 atom stereocenters. The largest absolute Gasteiger partial charge is 0.384 e. The molecule has 2 aromatic rings. The van der Waals surface area contributed by atoms with Crippen LogP contribution in [0.4, 0.5) is 10.2 Å². The molecular formula is C18H21FN4O. The summed E-state index contributed by atoms with van der Waals surface area (Å²) in [6, 6.07) is 8.01. The molecule has 1 amide bonds. The molecule has 1 aliphatic heterocycles. The molecule has 0 saturated carbocycles. The van der Waals surface area contributed by atoms with Crippen molar-refractivity contribution in [2.75, 3.05) is 12.3 Å². The van der Waals surface area contributed by atoms with Gasteiger partial charge in [-0.2, -0.15) is 0 Å². The second-order valence-corrected chi connectivity index (χ2v) is 6.14. The number of halogens is 1. The number of aromatic nitrogens is 2. The van der Waals surface area contributed by atoms with E-state index in [0.29, 0.717) is 24.5 Å². The summed E-state index contributed by atoms with van der Waals surface area (Å²) < 4.78 is 12.9. The summed E-state index contributed by atoms with van der Waals surface area (Å²) in [5.41, 5.74) is 7.58. The maximum absolute atomic E-state index is 12.9. The van der Waals surface area contributed by atoms with Crippen LogP contribution < -0.4 is 5.73 Å². The Bertz CT molecular complexity index is 712. The third-order valence-electron chi connectivity index (χ3n) is 4.33. The Morgan fingerprint density at radius 2 is 2.08 bits per heavy atom. The van der Waals surface area contributed by atoms with Gasteiger partial charge in [0, 0.05) is 19.0 Å². The number of nitrogens with zero attached hydrogens (tertiary/aromatic N) is 3. The number of benzene rings is 1. The molecule has 0 spiro atoms. The average Bonchev–Trinajstić information content (AvgIpc) is 3.03. The number of hydrogen-bond acceptors (Lipinski definition) is 4. The first-order valence-corrected chi connectivity index (χ1v) is 8.18. The number of rotatable bonds is 4. The van der Waals surface area contributed by atoms with Gasteiger partial charge in [0.15, 0.2) is 0 Å². The number of nitrogen functional groups attached to an aromatic ring is 1. The number of anilines is 1. The number of hydrogen-bond donors (Lipinski definition) is 1. The van der Waals surface area contributed by atoms with Crippen LogP contribution >= 0.6 is 0 Å². The third-order valence-corrected chi connectivity index (χ3v) is 4.33. The highest BCUT2D eigenvalue weighted by Crippen LogP contribution is 2.32. The van der Waals surface area contributed by atoms with Gasteiger partial charge in [0.1, 0.15) is 17.5 Å². The molecule has 5 nitrogen and oxygen atoms in total. The summed E-state index contributed by atoms with van der Waals surface area (Å²) in [7, 11) is 0. The van der Waals surface area contributed by atoms with Crippen molar-refractivity contribution < 1.29 is 9.18 Å². The Kier molecular flexibility index (Phi) is 4.74. The number of aryl methyl sites for hydroxylation is 2. The van der Waals surface area contributed by atoms with Crippen LogP contribution in [-0.2, 0) is 11.2 Å². The zero-order valence-electron chi connectivity index (χ0n) is 13.7. The van der Waals surface area contributed by atoms with Crippen LogP contribution in [0.2, 0.25) is 0 Å². The minimum atomic E-state index is -0.263. The third kappa shape index (κ3) is 3.69. The zero-order chi connectivity index (χ0) is 17.1. The summed E-state index contributed by atoms with van der Waals surface area (Å²) in [6.07, 6.45) is 2.85. The minimum absolute atomic E-state index is 0.0327. The first-order chi connectivity index (χ1) is 11.5. The van der Waals surface area contributed by atoms with Gasteiger partial charge in [-0.25, -0.2) is 14.4 Å².